The van der Waals surface area contributed by atoms with E-state index in [1.54, 1.807) is 23.9 Å². The van der Waals surface area contributed by atoms with E-state index >= 15 is 0 Å². The first kappa shape index (κ1) is 14.4. The summed E-state index contributed by atoms with van der Waals surface area (Å²) in [5.41, 5.74) is 1.03. The summed E-state index contributed by atoms with van der Waals surface area (Å²) >= 11 is 5.05. The lowest BCUT2D eigenvalue weighted by Crippen LogP contribution is -2.31. The van der Waals surface area contributed by atoms with Crippen LogP contribution in [-0.4, -0.2) is 26.0 Å². The fourth-order valence-electron chi connectivity index (χ4n) is 1.72. The largest absolute Gasteiger partial charge is 0.241 e. The molecule has 0 unspecified atom stereocenters. The maximum absolute atomic E-state index is 12.2. The van der Waals surface area contributed by atoms with Crippen LogP contribution in [0.2, 0.25) is 0 Å². The van der Waals surface area contributed by atoms with Gasteiger partial charge in [-0.3, -0.25) is 0 Å². The molecule has 0 spiro atoms. The SMILES string of the molecule is CSC1(CNS(=O)(=O)c2ccc(C)cc2Br)CC1. The number of benzene rings is 1. The van der Waals surface area contributed by atoms with Crippen molar-refractivity contribution < 1.29 is 8.42 Å². The average Bonchev–Trinajstić information content (AvgIpc) is 3.07. The normalized spacial score (nSPS) is 17.7. The van der Waals surface area contributed by atoms with Crippen molar-refractivity contribution in [2.75, 3.05) is 12.8 Å². The van der Waals surface area contributed by atoms with Crippen LogP contribution in [0, 0.1) is 6.92 Å². The predicted octanol–water partition coefficient (Wildman–Crippen LogP) is 2.93. The summed E-state index contributed by atoms with van der Waals surface area (Å²) in [6.07, 6.45) is 4.21. The summed E-state index contributed by atoms with van der Waals surface area (Å²) in [6.45, 7) is 2.44. The van der Waals surface area contributed by atoms with Gasteiger partial charge >= 0.3 is 0 Å². The minimum absolute atomic E-state index is 0.129. The molecule has 100 valence electrons. The van der Waals surface area contributed by atoms with Crippen LogP contribution >= 0.6 is 27.7 Å². The van der Waals surface area contributed by atoms with Gasteiger partial charge in [0.15, 0.2) is 0 Å². The van der Waals surface area contributed by atoms with Crippen LogP contribution in [0.4, 0.5) is 0 Å². The molecule has 0 saturated heterocycles. The van der Waals surface area contributed by atoms with E-state index in [4.69, 9.17) is 0 Å². The van der Waals surface area contributed by atoms with Gasteiger partial charge in [0.1, 0.15) is 0 Å². The molecule has 6 heteroatoms. The van der Waals surface area contributed by atoms with E-state index in [2.05, 4.69) is 20.7 Å². The molecular weight excluding hydrogens is 334 g/mol. The van der Waals surface area contributed by atoms with E-state index in [0.29, 0.717) is 15.9 Å². The molecule has 18 heavy (non-hydrogen) atoms. The number of aryl methyl sites for hydroxylation is 1. The van der Waals surface area contributed by atoms with Gasteiger partial charge < -0.3 is 0 Å². The Balaban J connectivity index is 2.15. The van der Waals surface area contributed by atoms with Crippen molar-refractivity contribution >= 4 is 37.7 Å². The topological polar surface area (TPSA) is 46.2 Å². The van der Waals surface area contributed by atoms with Crippen LogP contribution in [-0.2, 0) is 10.0 Å². The number of thioether (sulfide) groups is 1. The maximum atomic E-state index is 12.2. The summed E-state index contributed by atoms with van der Waals surface area (Å²) < 4.78 is 27.9. The molecule has 0 amide bonds. The molecule has 1 aliphatic rings. The van der Waals surface area contributed by atoms with E-state index in [-0.39, 0.29) is 4.75 Å². The zero-order valence-electron chi connectivity index (χ0n) is 10.4. The molecule has 1 aromatic carbocycles. The van der Waals surface area contributed by atoms with Gasteiger partial charge in [0, 0.05) is 15.8 Å². The summed E-state index contributed by atoms with van der Waals surface area (Å²) in [4.78, 5) is 0.310. The average molecular weight is 350 g/mol. The highest BCUT2D eigenvalue weighted by Gasteiger charge is 2.42. The third-order valence-corrected chi connectivity index (χ3v) is 7.00. The lowest BCUT2D eigenvalue weighted by Gasteiger charge is -2.14. The molecule has 0 aromatic heterocycles. The van der Waals surface area contributed by atoms with E-state index in [0.717, 1.165) is 18.4 Å². The summed E-state index contributed by atoms with van der Waals surface area (Å²) in [5.74, 6) is 0. The van der Waals surface area contributed by atoms with Gasteiger partial charge in [0.25, 0.3) is 0 Å². The lowest BCUT2D eigenvalue weighted by molar-refractivity contribution is 0.579. The molecule has 0 atom stereocenters. The Labute approximate surface area is 121 Å². The fourth-order valence-corrected chi connectivity index (χ4v) is 4.86. The fraction of sp³-hybridized carbons (Fsp3) is 0.500. The Morgan fingerprint density at radius 3 is 2.61 bits per heavy atom. The minimum atomic E-state index is -3.42. The van der Waals surface area contributed by atoms with E-state index in [1.165, 1.54) is 0 Å². The highest BCUT2D eigenvalue weighted by molar-refractivity contribution is 9.10. The van der Waals surface area contributed by atoms with Crippen LogP contribution in [0.15, 0.2) is 27.6 Å². The number of hydrogen-bond acceptors (Lipinski definition) is 3. The molecule has 1 fully saturated rings. The van der Waals surface area contributed by atoms with Crippen LogP contribution in [0.3, 0.4) is 0 Å². The highest BCUT2D eigenvalue weighted by atomic mass is 79.9. The molecule has 1 saturated carbocycles. The minimum Gasteiger partial charge on any atom is -0.210 e. The summed E-state index contributed by atoms with van der Waals surface area (Å²) in [5, 5.41) is 0. The smallest absolute Gasteiger partial charge is 0.210 e. The Bertz CT molecular complexity index is 553. The van der Waals surface area contributed by atoms with Gasteiger partial charge in [-0.25, -0.2) is 13.1 Å². The monoisotopic (exact) mass is 349 g/mol. The third kappa shape index (κ3) is 3.10. The first-order valence-corrected chi connectivity index (χ1v) is 9.20. The van der Waals surface area contributed by atoms with Crippen molar-refractivity contribution in [2.24, 2.45) is 0 Å². The molecular formula is C12H16BrNO2S2. The summed E-state index contributed by atoms with van der Waals surface area (Å²) in [7, 11) is -3.42. The molecule has 2 rings (SSSR count). The Morgan fingerprint density at radius 1 is 1.44 bits per heavy atom. The molecule has 1 aromatic rings. The molecule has 0 aliphatic heterocycles. The van der Waals surface area contributed by atoms with Gasteiger partial charge in [-0.05, 0) is 59.6 Å². The van der Waals surface area contributed by atoms with Crippen molar-refractivity contribution in [3.05, 3.63) is 28.2 Å². The molecule has 1 N–H and O–H groups in total. The lowest BCUT2D eigenvalue weighted by atomic mass is 10.2. The number of rotatable bonds is 5. The van der Waals surface area contributed by atoms with Gasteiger partial charge in [-0.2, -0.15) is 11.8 Å². The molecule has 1 aliphatic carbocycles. The van der Waals surface area contributed by atoms with E-state index in [1.807, 2.05) is 19.2 Å². The van der Waals surface area contributed by atoms with Gasteiger partial charge in [0.2, 0.25) is 10.0 Å². The number of sulfonamides is 1. The maximum Gasteiger partial charge on any atom is 0.241 e. The van der Waals surface area contributed by atoms with Gasteiger partial charge in [-0.15, -0.1) is 0 Å². The number of halogens is 1. The van der Waals surface area contributed by atoms with E-state index in [9.17, 15) is 8.42 Å². The van der Waals surface area contributed by atoms with Gasteiger partial charge in [-0.1, -0.05) is 6.07 Å². The van der Waals surface area contributed by atoms with Crippen LogP contribution < -0.4 is 4.72 Å². The summed E-state index contributed by atoms with van der Waals surface area (Å²) in [6, 6.07) is 5.26. The van der Waals surface area contributed by atoms with Crippen molar-refractivity contribution in [2.45, 2.75) is 29.4 Å². The predicted molar refractivity (Wildman–Crippen MR) is 79.5 cm³/mol. The van der Waals surface area contributed by atoms with Crippen molar-refractivity contribution in [1.29, 1.82) is 0 Å². The second kappa shape index (κ2) is 5.15. The molecule has 0 radical (unpaired) electrons. The zero-order chi connectivity index (χ0) is 13.4. The van der Waals surface area contributed by atoms with Crippen molar-refractivity contribution in [1.82, 2.24) is 4.72 Å². The third-order valence-electron chi connectivity index (χ3n) is 3.20. The van der Waals surface area contributed by atoms with Crippen LogP contribution in [0.1, 0.15) is 18.4 Å². The van der Waals surface area contributed by atoms with E-state index < -0.39 is 10.0 Å². The van der Waals surface area contributed by atoms with Crippen molar-refractivity contribution in [3.8, 4) is 0 Å². The van der Waals surface area contributed by atoms with Crippen molar-refractivity contribution in [3.63, 3.8) is 0 Å². The number of hydrogen-bond donors (Lipinski definition) is 1. The molecule has 3 nitrogen and oxygen atoms in total. The standard InChI is InChI=1S/C12H16BrNO2S2/c1-9-3-4-11(10(13)7-9)18(15,16)14-8-12(17-2)5-6-12/h3-4,7,14H,5-6,8H2,1-2H3. The Kier molecular flexibility index (Phi) is 4.11. The zero-order valence-corrected chi connectivity index (χ0v) is 13.6. The molecule has 0 bridgehead atoms. The molecule has 0 heterocycles. The van der Waals surface area contributed by atoms with Gasteiger partial charge in [0.05, 0.1) is 4.90 Å². The van der Waals surface area contributed by atoms with Crippen LogP contribution in [0.25, 0.3) is 0 Å². The second-order valence-electron chi connectivity index (χ2n) is 4.65. The Morgan fingerprint density at radius 2 is 2.11 bits per heavy atom. The first-order chi connectivity index (χ1) is 8.38. The first-order valence-electron chi connectivity index (χ1n) is 5.70. The highest BCUT2D eigenvalue weighted by Crippen LogP contribution is 2.46. The van der Waals surface area contributed by atoms with Crippen LogP contribution in [0.5, 0.6) is 0 Å². The quantitative estimate of drug-likeness (QED) is 0.888. The second-order valence-corrected chi connectivity index (χ2v) is 8.51. The Hall–Kier alpha value is -0.0400. The number of nitrogens with one attached hydrogen (secondary N) is 1.